The van der Waals surface area contributed by atoms with Crippen LogP contribution in [0.2, 0.25) is 0 Å². The van der Waals surface area contributed by atoms with Gasteiger partial charge in [-0.15, -0.1) is 0 Å². The van der Waals surface area contributed by atoms with Crippen molar-refractivity contribution in [2.75, 3.05) is 13.7 Å². The first-order chi connectivity index (χ1) is 12.7. The quantitative estimate of drug-likeness (QED) is 0.682. The van der Waals surface area contributed by atoms with Crippen LogP contribution in [0.4, 0.5) is 0 Å². The molecule has 0 aliphatic carbocycles. The van der Waals surface area contributed by atoms with Crippen molar-refractivity contribution in [2.45, 2.75) is 19.4 Å². The maximum absolute atomic E-state index is 12.6. The summed E-state index contributed by atoms with van der Waals surface area (Å²) < 4.78 is 10.7. The highest BCUT2D eigenvalue weighted by atomic mass is 16.5. The van der Waals surface area contributed by atoms with Gasteiger partial charge in [0, 0.05) is 18.0 Å². The van der Waals surface area contributed by atoms with E-state index in [-0.39, 0.29) is 11.5 Å². The van der Waals surface area contributed by atoms with Crippen LogP contribution in [0.25, 0.3) is 11.0 Å². The zero-order valence-corrected chi connectivity index (χ0v) is 14.5. The summed E-state index contributed by atoms with van der Waals surface area (Å²) in [4.78, 5) is 26.8. The average Bonchev–Trinajstić information content (AvgIpc) is 2.68. The molecular formula is C21H19NO4. The number of hydrogen-bond donors (Lipinski definition) is 0. The molecule has 4 rings (SSSR count). The molecule has 1 amide bonds. The second-order valence-corrected chi connectivity index (χ2v) is 6.44. The Morgan fingerprint density at radius 1 is 1.15 bits per heavy atom. The van der Waals surface area contributed by atoms with Gasteiger partial charge in [0.05, 0.1) is 25.6 Å². The van der Waals surface area contributed by atoms with E-state index in [1.54, 1.807) is 18.1 Å². The van der Waals surface area contributed by atoms with Crippen LogP contribution >= 0.6 is 0 Å². The number of carbonyl (C=O) groups is 1. The average molecular weight is 349 g/mol. The van der Waals surface area contributed by atoms with Gasteiger partial charge < -0.3 is 14.1 Å². The van der Waals surface area contributed by atoms with Crippen LogP contribution in [0.3, 0.4) is 0 Å². The molecule has 0 radical (unpaired) electrons. The normalized spacial score (nSPS) is 13.5. The lowest BCUT2D eigenvalue weighted by molar-refractivity contribution is -0.131. The Morgan fingerprint density at radius 3 is 2.73 bits per heavy atom. The molecule has 26 heavy (non-hydrogen) atoms. The summed E-state index contributed by atoms with van der Waals surface area (Å²) >= 11 is 0. The highest BCUT2D eigenvalue weighted by Crippen LogP contribution is 2.28. The predicted octanol–water partition coefficient (Wildman–Crippen LogP) is 2.93. The highest BCUT2D eigenvalue weighted by Gasteiger charge is 2.25. The van der Waals surface area contributed by atoms with Crippen LogP contribution in [0.15, 0.2) is 57.7 Å². The molecule has 5 heteroatoms. The van der Waals surface area contributed by atoms with Crippen molar-refractivity contribution >= 4 is 16.9 Å². The fourth-order valence-corrected chi connectivity index (χ4v) is 3.47. The lowest BCUT2D eigenvalue weighted by Crippen LogP contribution is -2.39. The molecule has 1 aliphatic rings. The van der Waals surface area contributed by atoms with E-state index in [1.165, 1.54) is 0 Å². The van der Waals surface area contributed by atoms with Crippen molar-refractivity contribution in [2.24, 2.45) is 0 Å². The van der Waals surface area contributed by atoms with Gasteiger partial charge in [0.2, 0.25) is 5.91 Å². The largest absolute Gasteiger partial charge is 0.497 e. The van der Waals surface area contributed by atoms with Crippen molar-refractivity contribution < 1.29 is 13.9 Å². The summed E-state index contributed by atoms with van der Waals surface area (Å²) in [5.74, 6) is 0.673. The van der Waals surface area contributed by atoms with E-state index in [2.05, 4.69) is 0 Å². The minimum atomic E-state index is -0.377. The number of benzene rings is 2. The first-order valence-corrected chi connectivity index (χ1v) is 8.60. The van der Waals surface area contributed by atoms with E-state index in [9.17, 15) is 9.59 Å². The van der Waals surface area contributed by atoms with Crippen LogP contribution in [0, 0.1) is 0 Å². The third-order valence-electron chi connectivity index (χ3n) is 4.86. The van der Waals surface area contributed by atoms with E-state index in [1.807, 2.05) is 42.5 Å². The van der Waals surface area contributed by atoms with Crippen molar-refractivity contribution in [1.29, 1.82) is 0 Å². The van der Waals surface area contributed by atoms with Crippen molar-refractivity contribution in [3.05, 3.63) is 75.6 Å². The van der Waals surface area contributed by atoms with Gasteiger partial charge in [-0.1, -0.05) is 30.3 Å². The minimum absolute atomic E-state index is 0.0241. The molecule has 0 bridgehead atoms. The summed E-state index contributed by atoms with van der Waals surface area (Å²) in [6.45, 7) is 0.897. The van der Waals surface area contributed by atoms with Crippen molar-refractivity contribution in [3.63, 3.8) is 0 Å². The molecule has 0 saturated heterocycles. The van der Waals surface area contributed by atoms with Crippen LogP contribution in [0.5, 0.6) is 5.75 Å². The molecule has 0 atom stereocenters. The molecule has 132 valence electrons. The van der Waals surface area contributed by atoms with Gasteiger partial charge in [-0.3, -0.25) is 4.79 Å². The molecule has 5 nitrogen and oxygen atoms in total. The number of hydrogen-bond acceptors (Lipinski definition) is 4. The first kappa shape index (κ1) is 16.4. The molecule has 0 spiro atoms. The maximum atomic E-state index is 12.6. The Hall–Kier alpha value is -3.08. The van der Waals surface area contributed by atoms with Crippen LogP contribution in [-0.4, -0.2) is 24.5 Å². The second-order valence-electron chi connectivity index (χ2n) is 6.44. The van der Waals surface area contributed by atoms with Crippen LogP contribution in [0.1, 0.15) is 16.7 Å². The fraction of sp³-hybridized carbons (Fsp3) is 0.238. The van der Waals surface area contributed by atoms with E-state index < -0.39 is 0 Å². The smallest absolute Gasteiger partial charge is 0.341 e. The Bertz CT molecular complexity index is 1020. The predicted molar refractivity (Wildman–Crippen MR) is 98.3 cm³/mol. The number of ether oxygens (including phenoxy) is 1. The second kappa shape index (κ2) is 6.67. The van der Waals surface area contributed by atoms with E-state index >= 15 is 0 Å². The van der Waals surface area contributed by atoms with Crippen LogP contribution in [-0.2, 0) is 24.2 Å². The van der Waals surface area contributed by atoms with Crippen LogP contribution < -0.4 is 10.4 Å². The molecule has 0 saturated carbocycles. The summed E-state index contributed by atoms with van der Waals surface area (Å²) in [6.07, 6.45) is 0.983. The molecular weight excluding hydrogens is 330 g/mol. The summed E-state index contributed by atoms with van der Waals surface area (Å²) in [7, 11) is 1.58. The first-order valence-electron chi connectivity index (χ1n) is 8.60. The van der Waals surface area contributed by atoms with Gasteiger partial charge in [0.15, 0.2) is 0 Å². The molecule has 2 aromatic carbocycles. The number of carbonyl (C=O) groups excluding carboxylic acids is 1. The third kappa shape index (κ3) is 2.96. The molecule has 2 heterocycles. The summed E-state index contributed by atoms with van der Waals surface area (Å²) in [6, 6.07) is 15.1. The molecule has 0 fully saturated rings. The standard InChI is InChI=1S/C21H19NO4/c1-25-15-7-8-17-16-9-10-22(13-18(16)21(24)26-19(17)12-15)20(23)11-14-5-3-2-4-6-14/h2-8,12H,9-11,13H2,1H3. The zero-order valence-electron chi connectivity index (χ0n) is 14.5. The fourth-order valence-electron chi connectivity index (χ4n) is 3.47. The van der Waals surface area contributed by atoms with Gasteiger partial charge in [-0.2, -0.15) is 0 Å². The number of rotatable bonds is 3. The maximum Gasteiger partial charge on any atom is 0.341 e. The number of amides is 1. The highest BCUT2D eigenvalue weighted by molar-refractivity contribution is 5.84. The summed E-state index contributed by atoms with van der Waals surface area (Å²) in [5.41, 5.74) is 2.68. The van der Waals surface area contributed by atoms with E-state index in [4.69, 9.17) is 9.15 Å². The molecule has 1 aromatic heterocycles. The Morgan fingerprint density at radius 2 is 1.96 bits per heavy atom. The molecule has 1 aliphatic heterocycles. The van der Waals surface area contributed by atoms with E-state index in [0.29, 0.717) is 42.8 Å². The van der Waals surface area contributed by atoms with Gasteiger partial charge in [0.25, 0.3) is 0 Å². The minimum Gasteiger partial charge on any atom is -0.497 e. The number of methoxy groups -OCH3 is 1. The van der Waals surface area contributed by atoms with Crippen molar-refractivity contribution in [1.82, 2.24) is 4.90 Å². The van der Waals surface area contributed by atoms with Crippen molar-refractivity contribution in [3.8, 4) is 5.75 Å². The Balaban J connectivity index is 1.63. The molecule has 3 aromatic rings. The third-order valence-corrected chi connectivity index (χ3v) is 4.86. The Kier molecular flexibility index (Phi) is 4.21. The van der Waals surface area contributed by atoms with E-state index in [0.717, 1.165) is 16.5 Å². The lowest BCUT2D eigenvalue weighted by atomic mass is 9.97. The summed E-state index contributed by atoms with van der Waals surface area (Å²) in [5, 5.41) is 0.913. The topological polar surface area (TPSA) is 59.8 Å². The number of fused-ring (bicyclic) bond motifs is 3. The SMILES string of the molecule is COc1ccc2c3c(c(=O)oc2c1)CN(C(=O)Cc1ccccc1)CC3. The lowest BCUT2D eigenvalue weighted by Gasteiger charge is -2.28. The molecule has 0 N–H and O–H groups in total. The van der Waals surface area contributed by atoms with Gasteiger partial charge in [0.1, 0.15) is 11.3 Å². The zero-order chi connectivity index (χ0) is 18.1. The Labute approximate surface area is 150 Å². The molecule has 0 unspecified atom stereocenters. The van der Waals surface area contributed by atoms with Gasteiger partial charge in [-0.05, 0) is 29.7 Å². The van der Waals surface area contributed by atoms with Gasteiger partial charge in [-0.25, -0.2) is 4.79 Å². The number of nitrogens with zero attached hydrogens (tertiary/aromatic N) is 1. The van der Waals surface area contributed by atoms with Gasteiger partial charge >= 0.3 is 5.63 Å². The monoisotopic (exact) mass is 349 g/mol.